The third kappa shape index (κ3) is 4.72. The van der Waals surface area contributed by atoms with Gasteiger partial charge in [-0.25, -0.2) is 0 Å². The molecule has 1 aliphatic rings. The molecule has 0 aromatic heterocycles. The van der Waals surface area contributed by atoms with Gasteiger partial charge >= 0.3 is 0 Å². The zero-order valence-corrected chi connectivity index (χ0v) is 12.8. The number of halogens is 1. The zero-order valence-electron chi connectivity index (χ0n) is 12.0. The van der Waals surface area contributed by atoms with Gasteiger partial charge in [0.1, 0.15) is 0 Å². The van der Waals surface area contributed by atoms with Gasteiger partial charge in [0.05, 0.1) is 16.8 Å². The predicted molar refractivity (Wildman–Crippen MR) is 84.6 cm³/mol. The van der Waals surface area contributed by atoms with Gasteiger partial charge in [-0.1, -0.05) is 24.4 Å². The van der Waals surface area contributed by atoms with Crippen LogP contribution in [0.25, 0.3) is 0 Å². The first kappa shape index (κ1) is 15.8. The van der Waals surface area contributed by atoms with Crippen LogP contribution in [0.2, 0.25) is 5.02 Å². The fraction of sp³-hybridized carbons (Fsp3) is 0.467. The molecule has 2 amide bonds. The maximum atomic E-state index is 12.2. The molecule has 21 heavy (non-hydrogen) atoms. The van der Waals surface area contributed by atoms with Crippen molar-refractivity contribution in [3.8, 4) is 0 Å². The van der Waals surface area contributed by atoms with Crippen LogP contribution < -0.4 is 16.0 Å². The number of hydrogen-bond donors (Lipinski definition) is 3. The van der Waals surface area contributed by atoms with Gasteiger partial charge in [0.15, 0.2) is 0 Å². The van der Waals surface area contributed by atoms with Crippen LogP contribution in [0.15, 0.2) is 18.2 Å². The minimum absolute atomic E-state index is 0.0414. The highest BCUT2D eigenvalue weighted by Gasteiger charge is 2.19. The summed E-state index contributed by atoms with van der Waals surface area (Å²) in [6.07, 6.45) is 4.19. The lowest BCUT2D eigenvalue weighted by Crippen LogP contribution is -2.39. The predicted octanol–water partition coefficient (Wildman–Crippen LogP) is 2.77. The molecule has 5 nitrogen and oxygen atoms in total. The SMILES string of the molecule is CC(=O)Nc1ccc(NC(=O)C2CCCCCN2)cc1Cl. The van der Waals surface area contributed by atoms with Gasteiger partial charge in [-0.15, -0.1) is 0 Å². The molecule has 1 saturated heterocycles. The summed E-state index contributed by atoms with van der Waals surface area (Å²) in [5.74, 6) is -0.225. The Hall–Kier alpha value is -1.59. The molecule has 114 valence electrons. The third-order valence-electron chi connectivity index (χ3n) is 3.42. The summed E-state index contributed by atoms with van der Waals surface area (Å²) in [6, 6.07) is 4.90. The summed E-state index contributed by atoms with van der Waals surface area (Å²) in [7, 11) is 0. The van der Waals surface area contributed by atoms with E-state index in [4.69, 9.17) is 11.6 Å². The smallest absolute Gasteiger partial charge is 0.241 e. The summed E-state index contributed by atoms with van der Waals surface area (Å²) >= 11 is 6.09. The van der Waals surface area contributed by atoms with Gasteiger partial charge in [0.2, 0.25) is 11.8 Å². The second-order valence-corrected chi connectivity index (χ2v) is 5.63. The number of nitrogens with one attached hydrogen (secondary N) is 3. The number of hydrogen-bond acceptors (Lipinski definition) is 3. The number of rotatable bonds is 3. The summed E-state index contributed by atoms with van der Waals surface area (Å²) in [5.41, 5.74) is 1.17. The van der Waals surface area contributed by atoms with Crippen LogP contribution in [0.4, 0.5) is 11.4 Å². The largest absolute Gasteiger partial charge is 0.325 e. The van der Waals surface area contributed by atoms with E-state index in [0.717, 1.165) is 32.2 Å². The Balaban J connectivity index is 2.00. The van der Waals surface area contributed by atoms with E-state index in [-0.39, 0.29) is 17.9 Å². The third-order valence-corrected chi connectivity index (χ3v) is 3.74. The maximum absolute atomic E-state index is 12.2. The van der Waals surface area contributed by atoms with Crippen LogP contribution in [0.3, 0.4) is 0 Å². The van der Waals surface area contributed by atoms with Gasteiger partial charge in [-0.05, 0) is 37.6 Å². The van der Waals surface area contributed by atoms with E-state index < -0.39 is 0 Å². The van der Waals surface area contributed by atoms with E-state index in [1.54, 1.807) is 18.2 Å². The van der Waals surface area contributed by atoms with Gasteiger partial charge in [0.25, 0.3) is 0 Å². The van der Waals surface area contributed by atoms with E-state index in [9.17, 15) is 9.59 Å². The van der Waals surface area contributed by atoms with Gasteiger partial charge in [0, 0.05) is 12.6 Å². The Kier molecular flexibility index (Phi) is 5.59. The van der Waals surface area contributed by atoms with Crippen LogP contribution in [-0.4, -0.2) is 24.4 Å². The molecule has 1 aromatic carbocycles. The average Bonchev–Trinajstić information content (AvgIpc) is 2.70. The van der Waals surface area contributed by atoms with Crippen molar-refractivity contribution in [2.24, 2.45) is 0 Å². The molecule has 3 N–H and O–H groups in total. The van der Waals surface area contributed by atoms with Crippen molar-refractivity contribution < 1.29 is 9.59 Å². The Morgan fingerprint density at radius 3 is 2.76 bits per heavy atom. The number of carbonyl (C=O) groups is 2. The molecule has 0 radical (unpaired) electrons. The van der Waals surface area contributed by atoms with Gasteiger partial charge in [-0.3, -0.25) is 9.59 Å². The lowest BCUT2D eigenvalue weighted by atomic mass is 10.1. The highest BCUT2D eigenvalue weighted by atomic mass is 35.5. The fourth-order valence-electron chi connectivity index (χ4n) is 2.37. The number of anilines is 2. The van der Waals surface area contributed by atoms with Crippen molar-refractivity contribution >= 4 is 34.8 Å². The quantitative estimate of drug-likeness (QED) is 0.804. The Morgan fingerprint density at radius 1 is 1.24 bits per heavy atom. The van der Waals surface area contributed by atoms with Crippen LogP contribution in [0.1, 0.15) is 32.6 Å². The number of carbonyl (C=O) groups excluding carboxylic acids is 2. The molecule has 6 heteroatoms. The highest BCUT2D eigenvalue weighted by Crippen LogP contribution is 2.25. The van der Waals surface area contributed by atoms with E-state index in [1.807, 2.05) is 0 Å². The topological polar surface area (TPSA) is 70.2 Å². The van der Waals surface area contributed by atoms with E-state index in [0.29, 0.717) is 16.4 Å². The lowest BCUT2D eigenvalue weighted by molar-refractivity contribution is -0.118. The van der Waals surface area contributed by atoms with E-state index in [1.165, 1.54) is 6.92 Å². The molecule has 1 unspecified atom stereocenters. The van der Waals surface area contributed by atoms with Crippen LogP contribution in [-0.2, 0) is 9.59 Å². The van der Waals surface area contributed by atoms with Crippen LogP contribution >= 0.6 is 11.6 Å². The lowest BCUT2D eigenvalue weighted by Gasteiger charge is -2.16. The summed E-state index contributed by atoms with van der Waals surface area (Å²) < 4.78 is 0. The van der Waals surface area contributed by atoms with Crippen molar-refractivity contribution in [2.45, 2.75) is 38.6 Å². The Morgan fingerprint density at radius 2 is 2.05 bits per heavy atom. The first-order valence-corrected chi connectivity index (χ1v) is 7.55. The molecule has 2 rings (SSSR count). The van der Waals surface area contributed by atoms with E-state index >= 15 is 0 Å². The molecule has 1 aromatic rings. The first-order chi connectivity index (χ1) is 10.1. The molecule has 1 fully saturated rings. The van der Waals surface area contributed by atoms with Crippen molar-refractivity contribution in [2.75, 3.05) is 17.2 Å². The minimum atomic E-state index is -0.184. The molecular weight excluding hydrogens is 290 g/mol. The standard InChI is InChI=1S/C15H20ClN3O2/c1-10(20)18-13-7-6-11(9-12(13)16)19-15(21)14-5-3-2-4-8-17-14/h6-7,9,14,17H,2-5,8H2,1H3,(H,18,20)(H,19,21). The summed E-state index contributed by atoms with van der Waals surface area (Å²) in [4.78, 5) is 23.2. The zero-order chi connectivity index (χ0) is 15.2. The van der Waals surface area contributed by atoms with Crippen molar-refractivity contribution in [3.63, 3.8) is 0 Å². The van der Waals surface area contributed by atoms with Crippen LogP contribution in [0.5, 0.6) is 0 Å². The Labute approximate surface area is 129 Å². The monoisotopic (exact) mass is 309 g/mol. The molecule has 0 bridgehead atoms. The van der Waals surface area contributed by atoms with Gasteiger partial charge < -0.3 is 16.0 Å². The van der Waals surface area contributed by atoms with Crippen molar-refractivity contribution in [3.05, 3.63) is 23.2 Å². The van der Waals surface area contributed by atoms with Crippen LogP contribution in [0, 0.1) is 0 Å². The second kappa shape index (κ2) is 7.43. The molecule has 1 heterocycles. The maximum Gasteiger partial charge on any atom is 0.241 e. The Bertz CT molecular complexity index is 526. The van der Waals surface area contributed by atoms with E-state index in [2.05, 4.69) is 16.0 Å². The number of benzene rings is 1. The molecule has 0 spiro atoms. The van der Waals surface area contributed by atoms with Crippen molar-refractivity contribution in [1.29, 1.82) is 0 Å². The highest BCUT2D eigenvalue weighted by molar-refractivity contribution is 6.34. The molecule has 1 aliphatic heterocycles. The van der Waals surface area contributed by atoms with Gasteiger partial charge in [-0.2, -0.15) is 0 Å². The molecule has 0 saturated carbocycles. The molecule has 0 aliphatic carbocycles. The molecule has 1 atom stereocenters. The minimum Gasteiger partial charge on any atom is -0.325 e. The fourth-order valence-corrected chi connectivity index (χ4v) is 2.59. The molecular formula is C15H20ClN3O2. The second-order valence-electron chi connectivity index (χ2n) is 5.22. The summed E-state index contributed by atoms with van der Waals surface area (Å²) in [6.45, 7) is 2.30. The first-order valence-electron chi connectivity index (χ1n) is 7.17. The van der Waals surface area contributed by atoms with Crippen molar-refractivity contribution in [1.82, 2.24) is 5.32 Å². The summed E-state index contributed by atoms with van der Waals surface area (Å²) in [5, 5.41) is 9.14. The average molecular weight is 310 g/mol. The normalized spacial score (nSPS) is 18.7. The number of amides is 2.